The van der Waals surface area contributed by atoms with E-state index in [2.05, 4.69) is 9.97 Å². The predicted molar refractivity (Wildman–Crippen MR) is 57.8 cm³/mol. The summed E-state index contributed by atoms with van der Waals surface area (Å²) >= 11 is 5.65. The first-order valence-corrected chi connectivity index (χ1v) is 4.94. The van der Waals surface area contributed by atoms with E-state index in [1.54, 1.807) is 6.08 Å². The Balaban J connectivity index is 2.16. The predicted octanol–water partition coefficient (Wildman–Crippen LogP) is 1.63. The van der Waals surface area contributed by atoms with Crippen LogP contribution in [0.2, 0.25) is 5.15 Å². The van der Waals surface area contributed by atoms with Crippen LogP contribution < -0.4 is 10.5 Å². The van der Waals surface area contributed by atoms with E-state index in [9.17, 15) is 4.39 Å². The minimum absolute atomic E-state index is 0.178. The van der Waals surface area contributed by atoms with Gasteiger partial charge in [-0.15, -0.1) is 0 Å². The van der Waals surface area contributed by atoms with Gasteiger partial charge in [-0.3, -0.25) is 5.73 Å². The molecule has 2 N–H and O–H groups in total. The molecule has 2 rings (SSSR count). The van der Waals surface area contributed by atoms with Gasteiger partial charge in [0.1, 0.15) is 11.5 Å². The lowest BCUT2D eigenvalue weighted by Crippen LogP contribution is -2.48. The summed E-state index contributed by atoms with van der Waals surface area (Å²) in [7, 11) is 0. The van der Waals surface area contributed by atoms with Crippen LogP contribution in [0.15, 0.2) is 36.7 Å². The molecule has 0 amide bonds. The Hall–Kier alpha value is -1.46. The zero-order valence-corrected chi connectivity index (χ0v) is 8.93. The fourth-order valence-electron chi connectivity index (χ4n) is 1.25. The molecule has 1 heterocycles. The SMILES string of the molecule is NC1(F)C=CC=CC1Oc1cc(Cl)ncn1. The zero-order valence-electron chi connectivity index (χ0n) is 8.18. The van der Waals surface area contributed by atoms with Gasteiger partial charge < -0.3 is 4.74 Å². The fourth-order valence-corrected chi connectivity index (χ4v) is 1.39. The van der Waals surface area contributed by atoms with Gasteiger partial charge in [-0.05, 0) is 12.2 Å². The second kappa shape index (κ2) is 4.19. The summed E-state index contributed by atoms with van der Waals surface area (Å²) < 4.78 is 19.0. The number of ether oxygens (including phenoxy) is 1. The summed E-state index contributed by atoms with van der Waals surface area (Å²) in [6.45, 7) is 0. The van der Waals surface area contributed by atoms with Crippen molar-refractivity contribution in [1.82, 2.24) is 9.97 Å². The van der Waals surface area contributed by atoms with E-state index in [0.717, 1.165) is 0 Å². The highest BCUT2D eigenvalue weighted by molar-refractivity contribution is 6.29. The van der Waals surface area contributed by atoms with Crippen LogP contribution in [0.5, 0.6) is 5.88 Å². The van der Waals surface area contributed by atoms with Gasteiger partial charge in [-0.1, -0.05) is 23.8 Å². The Bertz CT molecular complexity index is 447. The fraction of sp³-hybridized carbons (Fsp3) is 0.200. The lowest BCUT2D eigenvalue weighted by Gasteiger charge is -2.26. The van der Waals surface area contributed by atoms with Crippen LogP contribution in [-0.4, -0.2) is 21.9 Å². The van der Waals surface area contributed by atoms with Crippen LogP contribution in [0, 0.1) is 0 Å². The van der Waals surface area contributed by atoms with Crippen molar-refractivity contribution >= 4 is 11.6 Å². The van der Waals surface area contributed by atoms with Crippen molar-refractivity contribution < 1.29 is 9.13 Å². The molecule has 0 aliphatic heterocycles. The maximum Gasteiger partial charge on any atom is 0.218 e. The molecule has 6 heteroatoms. The van der Waals surface area contributed by atoms with Crippen LogP contribution in [0.25, 0.3) is 0 Å². The third-order valence-corrected chi connectivity index (χ3v) is 2.25. The highest BCUT2D eigenvalue weighted by Crippen LogP contribution is 2.22. The highest BCUT2D eigenvalue weighted by atomic mass is 35.5. The molecule has 0 fully saturated rings. The van der Waals surface area contributed by atoms with Crippen molar-refractivity contribution in [2.75, 3.05) is 0 Å². The first-order valence-electron chi connectivity index (χ1n) is 4.56. The molecule has 1 aliphatic carbocycles. The van der Waals surface area contributed by atoms with E-state index >= 15 is 0 Å². The summed E-state index contributed by atoms with van der Waals surface area (Å²) in [5.41, 5.74) is 5.40. The number of rotatable bonds is 2. The topological polar surface area (TPSA) is 61.0 Å². The van der Waals surface area contributed by atoms with Crippen LogP contribution in [0.4, 0.5) is 4.39 Å². The largest absolute Gasteiger partial charge is 0.465 e. The molecule has 0 saturated heterocycles. The average molecular weight is 242 g/mol. The number of halogens is 2. The summed E-state index contributed by atoms with van der Waals surface area (Å²) in [5, 5.41) is 0.224. The monoisotopic (exact) mass is 241 g/mol. The molecule has 84 valence electrons. The van der Waals surface area contributed by atoms with Gasteiger partial charge in [-0.2, -0.15) is 0 Å². The van der Waals surface area contributed by atoms with Crippen LogP contribution in [-0.2, 0) is 0 Å². The number of hydrogen-bond donors (Lipinski definition) is 1. The Kier molecular flexibility index (Phi) is 2.89. The number of allylic oxidation sites excluding steroid dienone is 2. The van der Waals surface area contributed by atoms with Gasteiger partial charge in [0.05, 0.1) is 0 Å². The van der Waals surface area contributed by atoms with Gasteiger partial charge in [0.2, 0.25) is 11.7 Å². The van der Waals surface area contributed by atoms with E-state index < -0.39 is 11.9 Å². The minimum atomic E-state index is -2.05. The second-order valence-electron chi connectivity index (χ2n) is 3.29. The van der Waals surface area contributed by atoms with E-state index in [4.69, 9.17) is 22.1 Å². The standard InChI is InChI=1S/C10H9ClFN3O/c11-8-5-9(15-6-14-8)16-7-3-1-2-4-10(7,12)13/h1-7H,13H2. The number of hydrogen-bond acceptors (Lipinski definition) is 4. The number of nitrogens with two attached hydrogens (primary N) is 1. The molecule has 2 atom stereocenters. The van der Waals surface area contributed by atoms with E-state index in [0.29, 0.717) is 0 Å². The number of aromatic nitrogens is 2. The van der Waals surface area contributed by atoms with E-state index in [-0.39, 0.29) is 11.0 Å². The molecule has 1 aromatic heterocycles. The average Bonchev–Trinajstić information content (AvgIpc) is 2.21. The summed E-state index contributed by atoms with van der Waals surface area (Å²) in [6.07, 6.45) is 6.21. The van der Waals surface area contributed by atoms with Gasteiger partial charge in [0.15, 0.2) is 6.10 Å². The summed E-state index contributed by atoms with van der Waals surface area (Å²) in [6, 6.07) is 1.39. The van der Waals surface area contributed by atoms with Gasteiger partial charge in [0, 0.05) is 6.07 Å². The zero-order chi connectivity index (χ0) is 11.6. The normalized spacial score (nSPS) is 28.1. The molecule has 2 unspecified atom stereocenters. The molecule has 0 bridgehead atoms. The molecule has 1 aromatic rings. The lowest BCUT2D eigenvalue weighted by molar-refractivity contribution is 0.0765. The highest BCUT2D eigenvalue weighted by Gasteiger charge is 2.34. The Morgan fingerprint density at radius 2 is 2.25 bits per heavy atom. The lowest BCUT2D eigenvalue weighted by atomic mass is 10.0. The molecule has 0 aromatic carbocycles. The number of alkyl halides is 1. The Labute approximate surface area is 96.6 Å². The van der Waals surface area contributed by atoms with Crippen molar-refractivity contribution in [3.05, 3.63) is 41.9 Å². The summed E-state index contributed by atoms with van der Waals surface area (Å²) in [5.74, 6) is -1.87. The van der Waals surface area contributed by atoms with E-state index in [1.807, 2.05) is 0 Å². The van der Waals surface area contributed by atoms with Crippen LogP contribution in [0.1, 0.15) is 0 Å². The Morgan fingerprint density at radius 3 is 2.94 bits per heavy atom. The van der Waals surface area contributed by atoms with Gasteiger partial charge >= 0.3 is 0 Å². The third kappa shape index (κ3) is 2.37. The molecule has 0 spiro atoms. The van der Waals surface area contributed by atoms with E-state index in [1.165, 1.54) is 30.6 Å². The van der Waals surface area contributed by atoms with Gasteiger partial charge in [-0.25, -0.2) is 14.4 Å². The first kappa shape index (κ1) is 11.0. The van der Waals surface area contributed by atoms with Crippen molar-refractivity contribution in [3.63, 3.8) is 0 Å². The molecular formula is C10H9ClFN3O. The van der Waals surface area contributed by atoms with Crippen LogP contribution in [0.3, 0.4) is 0 Å². The number of nitrogens with zero attached hydrogens (tertiary/aromatic N) is 2. The molecule has 16 heavy (non-hydrogen) atoms. The summed E-state index contributed by atoms with van der Waals surface area (Å²) in [4.78, 5) is 7.49. The van der Waals surface area contributed by atoms with Crippen molar-refractivity contribution in [1.29, 1.82) is 0 Å². The third-order valence-electron chi connectivity index (χ3n) is 2.04. The molecule has 0 saturated carbocycles. The molecule has 0 radical (unpaired) electrons. The first-order chi connectivity index (χ1) is 7.58. The smallest absolute Gasteiger partial charge is 0.218 e. The van der Waals surface area contributed by atoms with Crippen LogP contribution >= 0.6 is 11.6 Å². The minimum Gasteiger partial charge on any atom is -0.465 e. The maximum atomic E-state index is 13.8. The quantitative estimate of drug-likeness (QED) is 0.632. The molecule has 4 nitrogen and oxygen atoms in total. The molecular weight excluding hydrogens is 233 g/mol. The van der Waals surface area contributed by atoms with Crippen molar-refractivity contribution in [2.24, 2.45) is 5.73 Å². The second-order valence-corrected chi connectivity index (χ2v) is 3.68. The maximum absolute atomic E-state index is 13.8. The van der Waals surface area contributed by atoms with Crippen molar-refractivity contribution in [2.45, 2.75) is 11.9 Å². The molecule has 1 aliphatic rings. The van der Waals surface area contributed by atoms with Crippen molar-refractivity contribution in [3.8, 4) is 5.88 Å². The van der Waals surface area contributed by atoms with Gasteiger partial charge in [0.25, 0.3) is 0 Å². The Morgan fingerprint density at radius 1 is 1.44 bits per heavy atom.